The Bertz CT molecular complexity index is 547. The summed E-state index contributed by atoms with van der Waals surface area (Å²) in [6, 6.07) is 8.00. The monoisotopic (exact) mass is 262 g/mol. The van der Waals surface area contributed by atoms with E-state index >= 15 is 0 Å². The van der Waals surface area contributed by atoms with E-state index in [1.807, 2.05) is 31.2 Å². The normalized spacial score (nSPS) is 11.7. The fraction of sp³-hybridized carbons (Fsp3) is 0.167. The zero-order valence-corrected chi connectivity index (χ0v) is 10.8. The Morgan fingerprint density at radius 1 is 1.39 bits per heavy atom. The number of hydrogen-bond acceptors (Lipinski definition) is 5. The average molecular weight is 262 g/mol. The number of hydrogen-bond donors (Lipinski definition) is 2. The van der Waals surface area contributed by atoms with Crippen molar-refractivity contribution in [1.82, 2.24) is 4.98 Å². The van der Waals surface area contributed by atoms with E-state index in [9.17, 15) is 0 Å². The third kappa shape index (κ3) is 3.04. The number of aromatic nitrogens is 1. The van der Waals surface area contributed by atoms with Gasteiger partial charge in [-0.15, -0.1) is 0 Å². The van der Waals surface area contributed by atoms with Crippen LogP contribution in [0.15, 0.2) is 40.0 Å². The molecule has 2 rings (SSSR count). The lowest BCUT2D eigenvalue weighted by Crippen LogP contribution is -2.09. The first-order chi connectivity index (χ1) is 8.69. The first-order valence-corrected chi connectivity index (χ1v) is 6.35. The number of benzene rings is 1. The van der Waals surface area contributed by atoms with Crippen LogP contribution in [-0.2, 0) is 5.75 Å². The van der Waals surface area contributed by atoms with Crippen LogP contribution >= 0.6 is 11.8 Å². The number of rotatable bonds is 3. The summed E-state index contributed by atoms with van der Waals surface area (Å²) in [4.78, 5) is 4.38. The first kappa shape index (κ1) is 12.5. The molecule has 2 aromatic rings. The quantitative estimate of drug-likeness (QED) is 0.382. The standard InChI is InChI=1S/C12H14N4OS/c1-8-2-4-9(5-3-8)11-15-10(6-17-11)7-18-12(13)16-14/h2-6H,7,14H2,1H3,(H2,13,16). The predicted molar refractivity (Wildman–Crippen MR) is 73.8 cm³/mol. The number of thioether (sulfide) groups is 1. The third-order valence-electron chi connectivity index (χ3n) is 2.35. The lowest BCUT2D eigenvalue weighted by atomic mass is 10.1. The third-order valence-corrected chi connectivity index (χ3v) is 3.19. The highest BCUT2D eigenvalue weighted by molar-refractivity contribution is 8.13. The molecule has 0 aliphatic heterocycles. The van der Waals surface area contributed by atoms with E-state index < -0.39 is 0 Å². The van der Waals surface area contributed by atoms with Crippen LogP contribution in [0.5, 0.6) is 0 Å². The minimum Gasteiger partial charge on any atom is -0.444 e. The molecule has 0 spiro atoms. The predicted octanol–water partition coefficient (Wildman–Crippen LogP) is 2.07. The topological polar surface area (TPSA) is 90.4 Å². The number of aryl methyl sites for hydroxylation is 1. The van der Waals surface area contributed by atoms with Crippen LogP contribution in [0, 0.1) is 6.92 Å². The van der Waals surface area contributed by atoms with Gasteiger partial charge in [0, 0.05) is 11.3 Å². The van der Waals surface area contributed by atoms with Crippen LogP contribution in [0.2, 0.25) is 0 Å². The molecule has 94 valence electrons. The van der Waals surface area contributed by atoms with Gasteiger partial charge in [-0.05, 0) is 19.1 Å². The molecule has 1 aromatic carbocycles. The van der Waals surface area contributed by atoms with Gasteiger partial charge in [0.15, 0.2) is 5.17 Å². The molecule has 1 aromatic heterocycles. The second kappa shape index (κ2) is 5.59. The molecular formula is C12H14N4OS. The molecule has 18 heavy (non-hydrogen) atoms. The Labute approximate surface area is 109 Å². The van der Waals surface area contributed by atoms with Crippen molar-refractivity contribution in [3.63, 3.8) is 0 Å². The largest absolute Gasteiger partial charge is 0.444 e. The molecule has 0 saturated carbocycles. The van der Waals surface area contributed by atoms with E-state index in [0.29, 0.717) is 16.8 Å². The molecule has 0 aliphatic rings. The Kier molecular flexibility index (Phi) is 3.88. The van der Waals surface area contributed by atoms with Crippen LogP contribution in [0.25, 0.3) is 11.5 Å². The fourth-order valence-corrected chi connectivity index (χ4v) is 1.89. The molecule has 0 atom stereocenters. The summed E-state index contributed by atoms with van der Waals surface area (Å²) in [5, 5.41) is 3.71. The lowest BCUT2D eigenvalue weighted by molar-refractivity contribution is 0.573. The number of nitrogens with two attached hydrogens (primary N) is 2. The molecule has 5 nitrogen and oxygen atoms in total. The summed E-state index contributed by atoms with van der Waals surface area (Å²) in [5.74, 6) is 6.24. The summed E-state index contributed by atoms with van der Waals surface area (Å²) in [5.41, 5.74) is 8.45. The molecule has 4 N–H and O–H groups in total. The Morgan fingerprint density at radius 3 is 2.78 bits per heavy atom. The second-order valence-corrected chi connectivity index (χ2v) is 4.76. The summed E-state index contributed by atoms with van der Waals surface area (Å²) < 4.78 is 5.42. The van der Waals surface area contributed by atoms with Gasteiger partial charge in [-0.1, -0.05) is 29.5 Å². The van der Waals surface area contributed by atoms with Gasteiger partial charge in [0.05, 0.1) is 5.69 Å². The van der Waals surface area contributed by atoms with Crippen LogP contribution in [0.1, 0.15) is 11.3 Å². The number of oxazole rings is 1. The highest BCUT2D eigenvalue weighted by Crippen LogP contribution is 2.21. The van der Waals surface area contributed by atoms with Gasteiger partial charge >= 0.3 is 0 Å². The molecular weight excluding hydrogens is 248 g/mol. The van der Waals surface area contributed by atoms with E-state index in [2.05, 4.69) is 10.1 Å². The minimum absolute atomic E-state index is 0.329. The summed E-state index contributed by atoms with van der Waals surface area (Å²) >= 11 is 1.32. The average Bonchev–Trinajstić information content (AvgIpc) is 2.85. The van der Waals surface area contributed by atoms with E-state index in [-0.39, 0.29) is 0 Å². The van der Waals surface area contributed by atoms with Crippen LogP contribution in [-0.4, -0.2) is 10.2 Å². The van der Waals surface area contributed by atoms with E-state index in [1.54, 1.807) is 6.26 Å². The molecule has 0 fully saturated rings. The zero-order valence-electron chi connectivity index (χ0n) is 9.96. The maximum Gasteiger partial charge on any atom is 0.226 e. The first-order valence-electron chi connectivity index (χ1n) is 5.36. The smallest absolute Gasteiger partial charge is 0.226 e. The van der Waals surface area contributed by atoms with Crippen molar-refractivity contribution < 1.29 is 4.42 Å². The Hall–Kier alpha value is -1.95. The van der Waals surface area contributed by atoms with Crippen molar-refractivity contribution in [2.45, 2.75) is 12.7 Å². The molecule has 0 saturated heterocycles. The molecule has 1 heterocycles. The van der Waals surface area contributed by atoms with Gasteiger partial charge in [0.1, 0.15) is 6.26 Å². The molecule has 0 aliphatic carbocycles. The molecule has 0 amide bonds. The highest BCUT2D eigenvalue weighted by Gasteiger charge is 2.07. The van der Waals surface area contributed by atoms with Gasteiger partial charge in [0.25, 0.3) is 0 Å². The van der Waals surface area contributed by atoms with Crippen LogP contribution in [0.3, 0.4) is 0 Å². The van der Waals surface area contributed by atoms with Gasteiger partial charge in [0.2, 0.25) is 5.89 Å². The van der Waals surface area contributed by atoms with Crippen molar-refractivity contribution in [2.75, 3.05) is 0 Å². The minimum atomic E-state index is 0.329. The fourth-order valence-electron chi connectivity index (χ4n) is 1.39. The van der Waals surface area contributed by atoms with Crippen molar-refractivity contribution in [1.29, 1.82) is 0 Å². The summed E-state index contributed by atoms with van der Waals surface area (Å²) in [6.07, 6.45) is 1.62. The van der Waals surface area contributed by atoms with Gasteiger partial charge in [-0.25, -0.2) is 4.98 Å². The number of amidine groups is 1. The van der Waals surface area contributed by atoms with E-state index in [0.717, 1.165) is 11.3 Å². The van der Waals surface area contributed by atoms with Crippen LogP contribution < -0.4 is 11.6 Å². The maximum atomic E-state index is 5.48. The van der Waals surface area contributed by atoms with Crippen molar-refractivity contribution in [2.24, 2.45) is 16.7 Å². The maximum absolute atomic E-state index is 5.48. The molecule has 6 heteroatoms. The number of nitrogens with zero attached hydrogens (tertiary/aromatic N) is 2. The van der Waals surface area contributed by atoms with Gasteiger partial charge in [-0.2, -0.15) is 5.10 Å². The Morgan fingerprint density at radius 2 is 2.11 bits per heavy atom. The molecule has 0 bridgehead atoms. The molecule has 0 unspecified atom stereocenters. The zero-order chi connectivity index (χ0) is 13.0. The summed E-state index contributed by atoms with van der Waals surface area (Å²) in [6.45, 7) is 2.04. The SMILES string of the molecule is Cc1ccc(-c2nc(CSC(N)=NN)co2)cc1. The summed E-state index contributed by atoms with van der Waals surface area (Å²) in [7, 11) is 0. The second-order valence-electron chi connectivity index (χ2n) is 3.77. The van der Waals surface area contributed by atoms with Gasteiger partial charge in [-0.3, -0.25) is 0 Å². The highest BCUT2D eigenvalue weighted by atomic mass is 32.2. The van der Waals surface area contributed by atoms with Crippen molar-refractivity contribution >= 4 is 16.9 Å². The van der Waals surface area contributed by atoms with Crippen molar-refractivity contribution in [3.05, 3.63) is 41.8 Å². The lowest BCUT2D eigenvalue weighted by Gasteiger charge is -1.96. The molecule has 0 radical (unpaired) electrons. The van der Waals surface area contributed by atoms with Crippen molar-refractivity contribution in [3.8, 4) is 11.5 Å². The van der Waals surface area contributed by atoms with E-state index in [4.69, 9.17) is 16.0 Å². The van der Waals surface area contributed by atoms with E-state index in [1.165, 1.54) is 17.3 Å². The Balaban J connectivity index is 2.08. The van der Waals surface area contributed by atoms with Crippen LogP contribution in [0.4, 0.5) is 0 Å². The van der Waals surface area contributed by atoms with Gasteiger partial charge < -0.3 is 16.0 Å². The number of hydrazone groups is 1.